The highest BCUT2D eigenvalue weighted by Gasteiger charge is 2.24. The molecule has 0 atom stereocenters. The first-order chi connectivity index (χ1) is 11.5. The average Bonchev–Trinajstić information content (AvgIpc) is 2.89. The number of carbonyl (C=O) groups excluding carboxylic acids is 1. The molecule has 3 rings (SSSR count). The van der Waals surface area contributed by atoms with Crippen LogP contribution in [-0.4, -0.2) is 16.0 Å². The highest BCUT2D eigenvalue weighted by molar-refractivity contribution is 8.18. The molecule has 0 spiro atoms. The zero-order valence-electron chi connectivity index (χ0n) is 12.1. The molecule has 8 heteroatoms. The first-order valence-electron chi connectivity index (χ1n) is 6.81. The van der Waals surface area contributed by atoms with E-state index in [0.29, 0.717) is 20.8 Å². The average molecular weight is 360 g/mol. The van der Waals surface area contributed by atoms with E-state index in [0.717, 1.165) is 17.3 Å². The third kappa shape index (κ3) is 3.64. The fourth-order valence-corrected chi connectivity index (χ4v) is 3.03. The third-order valence-electron chi connectivity index (χ3n) is 3.11. The predicted octanol–water partition coefficient (Wildman–Crippen LogP) is 4.14. The standard InChI is InChI=1S/C16H10ClN3O3S/c17-13-7-2-1-4-10(13)8-14-15(21)19-16(24-14)18-11-5-3-6-12(9-11)20(22)23/h1-9H,(H,18,19,21). The van der Waals surface area contributed by atoms with Gasteiger partial charge in [-0.3, -0.25) is 14.9 Å². The van der Waals surface area contributed by atoms with Crippen molar-refractivity contribution < 1.29 is 9.72 Å². The first kappa shape index (κ1) is 16.2. The van der Waals surface area contributed by atoms with Crippen molar-refractivity contribution >= 4 is 51.9 Å². The van der Waals surface area contributed by atoms with Gasteiger partial charge < -0.3 is 5.32 Å². The van der Waals surface area contributed by atoms with Gasteiger partial charge in [-0.05, 0) is 35.5 Å². The SMILES string of the molecule is O=C1NC(=Nc2cccc([N+](=O)[O-])c2)SC1=Cc1ccccc1Cl. The number of nitro benzene ring substituents is 1. The Bertz CT molecular complexity index is 896. The fourth-order valence-electron chi connectivity index (χ4n) is 2.01. The maximum absolute atomic E-state index is 12.0. The zero-order chi connectivity index (χ0) is 17.1. The number of nitrogens with one attached hydrogen (secondary N) is 1. The molecule has 2 aromatic carbocycles. The number of aliphatic imine (C=N–C) groups is 1. The van der Waals surface area contributed by atoms with Crippen LogP contribution in [0.15, 0.2) is 58.4 Å². The Balaban J connectivity index is 1.86. The Morgan fingerprint density at radius 3 is 2.75 bits per heavy atom. The molecule has 6 nitrogen and oxygen atoms in total. The molecule has 0 aliphatic carbocycles. The van der Waals surface area contributed by atoms with E-state index in [9.17, 15) is 14.9 Å². The summed E-state index contributed by atoms with van der Waals surface area (Å²) in [6, 6.07) is 13.1. The van der Waals surface area contributed by atoms with Gasteiger partial charge in [-0.1, -0.05) is 35.9 Å². The van der Waals surface area contributed by atoms with Crippen LogP contribution in [0.25, 0.3) is 6.08 Å². The maximum atomic E-state index is 12.0. The van der Waals surface area contributed by atoms with Crippen LogP contribution in [0.3, 0.4) is 0 Å². The first-order valence-corrected chi connectivity index (χ1v) is 8.01. The van der Waals surface area contributed by atoms with Crippen molar-refractivity contribution in [1.82, 2.24) is 5.32 Å². The number of thioether (sulfide) groups is 1. The molecule has 0 saturated carbocycles. The van der Waals surface area contributed by atoms with Gasteiger partial charge in [0.05, 0.1) is 15.5 Å². The lowest BCUT2D eigenvalue weighted by Crippen LogP contribution is -2.19. The van der Waals surface area contributed by atoms with Crippen LogP contribution in [0.2, 0.25) is 5.02 Å². The van der Waals surface area contributed by atoms with E-state index in [4.69, 9.17) is 11.6 Å². The third-order valence-corrected chi connectivity index (χ3v) is 4.37. The van der Waals surface area contributed by atoms with E-state index in [1.807, 2.05) is 6.07 Å². The molecule has 0 radical (unpaired) electrons. The van der Waals surface area contributed by atoms with Gasteiger partial charge in [-0.15, -0.1) is 0 Å². The monoisotopic (exact) mass is 359 g/mol. The molecule has 120 valence electrons. The Morgan fingerprint density at radius 2 is 2.00 bits per heavy atom. The molecule has 1 aliphatic rings. The number of benzene rings is 2. The molecule has 1 heterocycles. The van der Waals surface area contributed by atoms with Gasteiger partial charge >= 0.3 is 0 Å². The van der Waals surface area contributed by atoms with Crippen LogP contribution in [0.4, 0.5) is 11.4 Å². The number of rotatable bonds is 3. The summed E-state index contributed by atoms with van der Waals surface area (Å²) in [7, 11) is 0. The van der Waals surface area contributed by atoms with E-state index >= 15 is 0 Å². The summed E-state index contributed by atoms with van der Waals surface area (Å²) in [5.41, 5.74) is 1.07. The molecule has 24 heavy (non-hydrogen) atoms. The highest BCUT2D eigenvalue weighted by atomic mass is 35.5. The lowest BCUT2D eigenvalue weighted by atomic mass is 10.2. The molecule has 1 fully saturated rings. The quantitative estimate of drug-likeness (QED) is 0.507. The summed E-state index contributed by atoms with van der Waals surface area (Å²) < 4.78 is 0. The van der Waals surface area contributed by atoms with E-state index in [-0.39, 0.29) is 11.6 Å². The van der Waals surface area contributed by atoms with Gasteiger partial charge in [0.2, 0.25) is 0 Å². The summed E-state index contributed by atoms with van der Waals surface area (Å²) in [4.78, 5) is 27.0. The van der Waals surface area contributed by atoms with Crippen molar-refractivity contribution in [1.29, 1.82) is 0 Å². The van der Waals surface area contributed by atoms with Crippen molar-refractivity contribution in [2.75, 3.05) is 0 Å². The minimum atomic E-state index is -0.493. The highest BCUT2D eigenvalue weighted by Crippen LogP contribution is 2.30. The summed E-state index contributed by atoms with van der Waals surface area (Å²) in [6.07, 6.45) is 1.68. The number of amides is 1. The molecule has 0 bridgehead atoms. The van der Waals surface area contributed by atoms with Crippen molar-refractivity contribution in [3.05, 3.63) is 74.1 Å². The van der Waals surface area contributed by atoms with Gasteiger partial charge in [-0.25, -0.2) is 4.99 Å². The predicted molar refractivity (Wildman–Crippen MR) is 95.4 cm³/mol. The topological polar surface area (TPSA) is 84.6 Å². The Morgan fingerprint density at radius 1 is 1.21 bits per heavy atom. The fraction of sp³-hybridized carbons (Fsp3) is 0. The molecule has 1 N–H and O–H groups in total. The maximum Gasteiger partial charge on any atom is 0.271 e. The largest absolute Gasteiger partial charge is 0.300 e. The number of hydrogen-bond donors (Lipinski definition) is 1. The number of nitrogens with zero attached hydrogens (tertiary/aromatic N) is 2. The van der Waals surface area contributed by atoms with E-state index in [2.05, 4.69) is 10.3 Å². The minimum Gasteiger partial charge on any atom is -0.300 e. The smallest absolute Gasteiger partial charge is 0.271 e. The van der Waals surface area contributed by atoms with Crippen LogP contribution in [0.1, 0.15) is 5.56 Å². The lowest BCUT2D eigenvalue weighted by molar-refractivity contribution is -0.384. The number of carbonyl (C=O) groups is 1. The number of amidine groups is 1. The van der Waals surface area contributed by atoms with E-state index in [1.165, 1.54) is 12.1 Å². The number of hydrogen-bond acceptors (Lipinski definition) is 5. The summed E-state index contributed by atoms with van der Waals surface area (Å²) in [5.74, 6) is -0.288. The number of halogens is 1. The molecule has 1 saturated heterocycles. The minimum absolute atomic E-state index is 0.0574. The second-order valence-electron chi connectivity index (χ2n) is 4.78. The molecule has 1 aliphatic heterocycles. The van der Waals surface area contributed by atoms with Crippen LogP contribution < -0.4 is 5.32 Å². The van der Waals surface area contributed by atoms with Crippen molar-refractivity contribution in [2.45, 2.75) is 0 Å². The summed E-state index contributed by atoms with van der Waals surface area (Å²) in [5, 5.41) is 14.3. The molecule has 2 aromatic rings. The van der Waals surface area contributed by atoms with E-state index in [1.54, 1.807) is 36.4 Å². The second-order valence-corrected chi connectivity index (χ2v) is 6.22. The van der Waals surface area contributed by atoms with Gasteiger partial charge in [0.15, 0.2) is 5.17 Å². The van der Waals surface area contributed by atoms with Gasteiger partial charge in [0.25, 0.3) is 11.6 Å². The van der Waals surface area contributed by atoms with Crippen molar-refractivity contribution in [3.63, 3.8) is 0 Å². The summed E-state index contributed by atoms with van der Waals surface area (Å²) >= 11 is 7.24. The molecular weight excluding hydrogens is 350 g/mol. The van der Waals surface area contributed by atoms with Crippen molar-refractivity contribution in [2.24, 2.45) is 4.99 Å². The Hall–Kier alpha value is -2.64. The lowest BCUT2D eigenvalue weighted by Gasteiger charge is -1.97. The molecule has 0 unspecified atom stereocenters. The molecule has 0 aromatic heterocycles. The molecule has 1 amide bonds. The normalized spacial score (nSPS) is 17.3. The van der Waals surface area contributed by atoms with Gasteiger partial charge in [-0.2, -0.15) is 0 Å². The van der Waals surface area contributed by atoms with Gasteiger partial charge in [0.1, 0.15) is 0 Å². The van der Waals surface area contributed by atoms with E-state index < -0.39 is 4.92 Å². The Kier molecular flexibility index (Phi) is 4.64. The zero-order valence-corrected chi connectivity index (χ0v) is 13.7. The van der Waals surface area contributed by atoms with Crippen LogP contribution >= 0.6 is 23.4 Å². The second kappa shape index (κ2) is 6.86. The summed E-state index contributed by atoms with van der Waals surface area (Å²) in [6.45, 7) is 0. The van der Waals surface area contributed by atoms with Crippen LogP contribution in [0.5, 0.6) is 0 Å². The molecular formula is C16H10ClN3O3S. The number of nitro groups is 1. The number of non-ortho nitro benzene ring substituents is 1. The van der Waals surface area contributed by atoms with Crippen molar-refractivity contribution in [3.8, 4) is 0 Å². The van der Waals surface area contributed by atoms with Crippen LogP contribution in [0, 0.1) is 10.1 Å². The Labute approximate surface area is 146 Å². The van der Waals surface area contributed by atoms with Crippen LogP contribution in [-0.2, 0) is 4.79 Å². The van der Waals surface area contributed by atoms with Gasteiger partial charge in [0, 0.05) is 17.2 Å².